The Kier molecular flexibility index (Phi) is 6.11. The Bertz CT molecular complexity index is 889. The third-order valence-corrected chi connectivity index (χ3v) is 4.79. The van der Waals surface area contributed by atoms with Gasteiger partial charge in [0, 0.05) is 42.5 Å². The number of hydrogen-bond acceptors (Lipinski definition) is 6. The molecule has 0 saturated carbocycles. The van der Waals surface area contributed by atoms with Gasteiger partial charge in [0.2, 0.25) is 17.6 Å². The zero-order valence-electron chi connectivity index (χ0n) is 16.9. The normalized spacial score (nSPS) is 15.8. The van der Waals surface area contributed by atoms with Crippen LogP contribution in [0.1, 0.15) is 6.42 Å². The van der Waals surface area contributed by atoms with Gasteiger partial charge in [-0.15, -0.1) is 0 Å². The molecule has 1 heterocycles. The van der Waals surface area contributed by atoms with Crippen LogP contribution < -0.4 is 29.2 Å². The van der Waals surface area contributed by atoms with Gasteiger partial charge < -0.3 is 29.2 Å². The van der Waals surface area contributed by atoms with Crippen LogP contribution in [0.4, 0.5) is 11.4 Å². The standard InChI is InChI=1S/C21H24N2O6/c1-26-16-7-5-6-15(11-16)23-12-13(8-19(23)24)21(25)22-14-9-17(27-2)20(29-4)18(10-14)28-3/h5-7,9-11,13H,8,12H2,1-4H3,(H,22,25)/t13-/m0/s1. The number of methoxy groups -OCH3 is 4. The second kappa shape index (κ2) is 8.72. The summed E-state index contributed by atoms with van der Waals surface area (Å²) in [6.45, 7) is 0.294. The van der Waals surface area contributed by atoms with E-state index >= 15 is 0 Å². The minimum atomic E-state index is -0.479. The van der Waals surface area contributed by atoms with Gasteiger partial charge in [0.1, 0.15) is 5.75 Å². The van der Waals surface area contributed by atoms with Crippen LogP contribution >= 0.6 is 0 Å². The first-order valence-corrected chi connectivity index (χ1v) is 9.06. The lowest BCUT2D eigenvalue weighted by Crippen LogP contribution is -2.28. The molecule has 3 rings (SSSR count). The molecule has 1 aliphatic heterocycles. The van der Waals surface area contributed by atoms with Crippen molar-refractivity contribution in [3.8, 4) is 23.0 Å². The summed E-state index contributed by atoms with van der Waals surface area (Å²) in [6, 6.07) is 10.5. The maximum Gasteiger partial charge on any atom is 0.229 e. The average Bonchev–Trinajstić information content (AvgIpc) is 3.14. The van der Waals surface area contributed by atoms with Gasteiger partial charge in [-0.25, -0.2) is 0 Å². The third-order valence-electron chi connectivity index (χ3n) is 4.79. The number of nitrogens with one attached hydrogen (secondary N) is 1. The zero-order valence-corrected chi connectivity index (χ0v) is 16.9. The summed E-state index contributed by atoms with van der Waals surface area (Å²) in [5.41, 5.74) is 1.20. The molecular weight excluding hydrogens is 376 g/mol. The van der Waals surface area contributed by atoms with E-state index in [1.54, 1.807) is 36.3 Å². The molecule has 8 nitrogen and oxygen atoms in total. The molecule has 29 heavy (non-hydrogen) atoms. The van der Waals surface area contributed by atoms with E-state index in [0.717, 1.165) is 0 Å². The first-order valence-electron chi connectivity index (χ1n) is 9.06. The average molecular weight is 400 g/mol. The topological polar surface area (TPSA) is 86.3 Å². The van der Waals surface area contributed by atoms with Crippen LogP contribution in [0.5, 0.6) is 23.0 Å². The van der Waals surface area contributed by atoms with E-state index in [0.29, 0.717) is 40.9 Å². The van der Waals surface area contributed by atoms with Gasteiger partial charge in [-0.2, -0.15) is 0 Å². The molecule has 0 unspecified atom stereocenters. The minimum Gasteiger partial charge on any atom is -0.497 e. The van der Waals surface area contributed by atoms with Crippen LogP contribution in [0.25, 0.3) is 0 Å². The molecule has 2 aromatic carbocycles. The minimum absolute atomic E-state index is 0.108. The molecule has 1 saturated heterocycles. The molecule has 0 aliphatic carbocycles. The van der Waals surface area contributed by atoms with Crippen molar-refractivity contribution in [3.05, 3.63) is 36.4 Å². The molecule has 8 heteroatoms. The first kappa shape index (κ1) is 20.3. The van der Waals surface area contributed by atoms with E-state index in [-0.39, 0.29) is 18.2 Å². The molecule has 154 valence electrons. The Morgan fingerprint density at radius 3 is 2.28 bits per heavy atom. The fourth-order valence-corrected chi connectivity index (χ4v) is 3.31. The smallest absolute Gasteiger partial charge is 0.229 e. The van der Waals surface area contributed by atoms with Crippen molar-refractivity contribution in [2.75, 3.05) is 45.2 Å². The van der Waals surface area contributed by atoms with Gasteiger partial charge in [0.15, 0.2) is 11.5 Å². The number of carbonyl (C=O) groups is 2. The van der Waals surface area contributed by atoms with E-state index < -0.39 is 5.92 Å². The second-order valence-corrected chi connectivity index (χ2v) is 6.51. The molecule has 1 N–H and O–H groups in total. The Balaban J connectivity index is 1.75. The third kappa shape index (κ3) is 4.21. The Labute approximate surface area is 169 Å². The number of amides is 2. The quantitative estimate of drug-likeness (QED) is 0.769. The van der Waals surface area contributed by atoms with Crippen molar-refractivity contribution in [1.29, 1.82) is 0 Å². The summed E-state index contributed by atoms with van der Waals surface area (Å²) in [6.07, 6.45) is 0.132. The van der Waals surface area contributed by atoms with E-state index in [9.17, 15) is 9.59 Å². The Morgan fingerprint density at radius 1 is 1.00 bits per heavy atom. The van der Waals surface area contributed by atoms with Gasteiger partial charge >= 0.3 is 0 Å². The largest absolute Gasteiger partial charge is 0.497 e. The van der Waals surface area contributed by atoms with Crippen molar-refractivity contribution in [2.24, 2.45) is 5.92 Å². The van der Waals surface area contributed by atoms with Gasteiger partial charge in [-0.1, -0.05) is 6.07 Å². The van der Waals surface area contributed by atoms with Crippen LogP contribution in [0.3, 0.4) is 0 Å². The molecule has 0 bridgehead atoms. The first-order chi connectivity index (χ1) is 14.0. The fraction of sp³-hybridized carbons (Fsp3) is 0.333. The van der Waals surface area contributed by atoms with Crippen LogP contribution in [0, 0.1) is 5.92 Å². The SMILES string of the molecule is COc1cccc(N2C[C@@H](C(=O)Nc3cc(OC)c(OC)c(OC)c3)CC2=O)c1. The van der Waals surface area contributed by atoms with Gasteiger partial charge in [-0.05, 0) is 12.1 Å². The second-order valence-electron chi connectivity index (χ2n) is 6.51. The lowest BCUT2D eigenvalue weighted by molar-refractivity contribution is -0.122. The number of nitrogens with zero attached hydrogens (tertiary/aromatic N) is 1. The monoisotopic (exact) mass is 400 g/mol. The Hall–Kier alpha value is -3.42. The van der Waals surface area contributed by atoms with Crippen molar-refractivity contribution in [3.63, 3.8) is 0 Å². The molecule has 1 fully saturated rings. The van der Waals surface area contributed by atoms with Crippen molar-refractivity contribution in [2.45, 2.75) is 6.42 Å². The van der Waals surface area contributed by atoms with Crippen molar-refractivity contribution in [1.82, 2.24) is 0 Å². The molecule has 1 aliphatic rings. The molecule has 0 spiro atoms. The molecule has 0 radical (unpaired) electrons. The van der Waals surface area contributed by atoms with Crippen molar-refractivity contribution < 1.29 is 28.5 Å². The van der Waals surface area contributed by atoms with Crippen LogP contribution in [0.15, 0.2) is 36.4 Å². The van der Waals surface area contributed by atoms with Crippen LogP contribution in [-0.4, -0.2) is 46.8 Å². The maximum atomic E-state index is 12.8. The van der Waals surface area contributed by atoms with Crippen LogP contribution in [0.2, 0.25) is 0 Å². The molecule has 0 aromatic heterocycles. The summed E-state index contributed by atoms with van der Waals surface area (Å²) < 4.78 is 21.1. The highest BCUT2D eigenvalue weighted by atomic mass is 16.5. The van der Waals surface area contributed by atoms with Crippen LogP contribution in [-0.2, 0) is 9.59 Å². The predicted molar refractivity (Wildman–Crippen MR) is 108 cm³/mol. The summed E-state index contributed by atoms with van der Waals surface area (Å²) in [7, 11) is 6.09. The summed E-state index contributed by atoms with van der Waals surface area (Å²) in [5.74, 6) is 1.12. The fourth-order valence-electron chi connectivity index (χ4n) is 3.31. The molecular formula is C21H24N2O6. The van der Waals surface area contributed by atoms with Gasteiger partial charge in [0.25, 0.3) is 0 Å². The Morgan fingerprint density at radius 2 is 1.69 bits per heavy atom. The highest BCUT2D eigenvalue weighted by Gasteiger charge is 2.35. The number of ether oxygens (including phenoxy) is 4. The van der Waals surface area contributed by atoms with E-state index in [1.807, 2.05) is 12.1 Å². The molecule has 2 amide bonds. The molecule has 2 aromatic rings. The zero-order chi connectivity index (χ0) is 21.0. The number of benzene rings is 2. The molecule has 1 atom stereocenters. The number of anilines is 2. The number of hydrogen-bond donors (Lipinski definition) is 1. The van der Waals surface area contributed by atoms with Gasteiger partial charge in [-0.3, -0.25) is 9.59 Å². The summed E-state index contributed by atoms with van der Waals surface area (Å²) in [5, 5.41) is 2.84. The highest BCUT2D eigenvalue weighted by Crippen LogP contribution is 2.40. The summed E-state index contributed by atoms with van der Waals surface area (Å²) >= 11 is 0. The van der Waals surface area contributed by atoms with Crippen molar-refractivity contribution >= 4 is 23.2 Å². The van der Waals surface area contributed by atoms with E-state index in [1.165, 1.54) is 21.3 Å². The predicted octanol–water partition coefficient (Wildman–Crippen LogP) is 2.71. The number of rotatable bonds is 7. The lowest BCUT2D eigenvalue weighted by Gasteiger charge is -2.18. The lowest BCUT2D eigenvalue weighted by atomic mass is 10.1. The summed E-state index contributed by atoms with van der Waals surface area (Å²) in [4.78, 5) is 26.9. The van der Waals surface area contributed by atoms with E-state index in [2.05, 4.69) is 5.32 Å². The maximum absolute atomic E-state index is 12.8. The van der Waals surface area contributed by atoms with Gasteiger partial charge in [0.05, 0.1) is 34.4 Å². The highest BCUT2D eigenvalue weighted by molar-refractivity contribution is 6.03. The number of carbonyl (C=O) groups excluding carboxylic acids is 2. The van der Waals surface area contributed by atoms with E-state index in [4.69, 9.17) is 18.9 Å².